The molecule has 0 saturated heterocycles. The zero-order chi connectivity index (χ0) is 48.3. The summed E-state index contributed by atoms with van der Waals surface area (Å²) >= 11 is 0. The summed E-state index contributed by atoms with van der Waals surface area (Å²) in [4.78, 5) is 4.06. The molecule has 70 heavy (non-hydrogen) atoms. The molecule has 6 heteroatoms. The minimum absolute atomic E-state index is 0.293. The maximum Gasteiger partial charge on any atom is 0.123 e. The molecule has 0 amide bonds. The lowest BCUT2D eigenvalue weighted by molar-refractivity contribution is 0.627. The van der Waals surface area contributed by atoms with Crippen LogP contribution in [-0.2, 0) is 10.8 Å². The average molecular weight is 921 g/mol. The van der Waals surface area contributed by atoms with Crippen LogP contribution in [0.4, 0.5) is 51.7 Å². The van der Waals surface area contributed by atoms with Crippen LogP contribution in [0.3, 0.4) is 0 Å². The molecule has 0 fully saturated rings. The SMILES string of the molecule is CC1(C)c2cc(/C=C/c3ccc(/C=C/c4ccc5c(c4)C(C)(C)c4cc(N(c6ccc(F)cc6)c6ccc(F)cc6)ccc4-5)cc3)ccc2-c2ccc(N(c3ccc(F)cc3)c3ccc(F)cc3)cc21. The van der Waals surface area contributed by atoms with Gasteiger partial charge in [-0.25, -0.2) is 17.6 Å². The van der Waals surface area contributed by atoms with Crippen molar-refractivity contribution in [3.8, 4) is 22.3 Å². The topological polar surface area (TPSA) is 6.48 Å². The molecule has 0 unspecified atom stereocenters. The van der Waals surface area contributed by atoms with Gasteiger partial charge in [0, 0.05) is 45.0 Å². The van der Waals surface area contributed by atoms with E-state index in [1.165, 1.54) is 93.0 Å². The summed E-state index contributed by atoms with van der Waals surface area (Å²) in [5.74, 6) is -1.26. The van der Waals surface area contributed by atoms with E-state index in [1.807, 2.05) is 9.80 Å². The molecule has 9 aromatic carbocycles. The summed E-state index contributed by atoms with van der Waals surface area (Å²) in [5, 5.41) is 0. The quantitative estimate of drug-likeness (QED) is 0.0996. The Labute approximate surface area is 406 Å². The first-order chi connectivity index (χ1) is 33.8. The molecule has 9 aromatic rings. The normalized spacial score (nSPS) is 13.8. The number of hydrogen-bond donors (Lipinski definition) is 0. The van der Waals surface area contributed by atoms with E-state index >= 15 is 0 Å². The van der Waals surface area contributed by atoms with E-state index < -0.39 is 0 Å². The summed E-state index contributed by atoms with van der Waals surface area (Å²) in [6.45, 7) is 9.01. The Morgan fingerprint density at radius 2 is 0.500 bits per heavy atom. The van der Waals surface area contributed by atoms with E-state index in [2.05, 4.69) is 149 Å². The molecule has 342 valence electrons. The second-order valence-corrected chi connectivity index (χ2v) is 19.2. The van der Waals surface area contributed by atoms with Gasteiger partial charge in [0.05, 0.1) is 0 Å². The van der Waals surface area contributed by atoms with Gasteiger partial charge in [0.2, 0.25) is 0 Å². The molecule has 0 saturated carbocycles. The van der Waals surface area contributed by atoms with Crippen molar-refractivity contribution in [1.29, 1.82) is 0 Å². The maximum atomic E-state index is 14.0. The van der Waals surface area contributed by atoms with Gasteiger partial charge >= 0.3 is 0 Å². The molecule has 2 aliphatic rings. The smallest absolute Gasteiger partial charge is 0.123 e. The summed E-state index contributed by atoms with van der Waals surface area (Å²) in [6.07, 6.45) is 8.62. The van der Waals surface area contributed by atoms with E-state index in [-0.39, 0.29) is 34.1 Å². The highest BCUT2D eigenvalue weighted by Crippen LogP contribution is 2.53. The number of nitrogens with zero attached hydrogens (tertiary/aromatic N) is 2. The van der Waals surface area contributed by atoms with Crippen molar-refractivity contribution >= 4 is 58.4 Å². The number of hydrogen-bond acceptors (Lipinski definition) is 2. The zero-order valence-corrected chi connectivity index (χ0v) is 39.2. The van der Waals surface area contributed by atoms with Crippen LogP contribution in [0.15, 0.2) is 194 Å². The molecule has 0 bridgehead atoms. The molecule has 0 spiro atoms. The highest BCUT2D eigenvalue weighted by atomic mass is 19.1. The Bertz CT molecular complexity index is 3170. The summed E-state index contributed by atoms with van der Waals surface area (Å²) in [6, 6.07) is 60.3. The molecule has 0 atom stereocenters. The van der Waals surface area contributed by atoms with Crippen molar-refractivity contribution in [3.63, 3.8) is 0 Å². The lowest BCUT2D eigenvalue weighted by atomic mass is 9.81. The van der Waals surface area contributed by atoms with Gasteiger partial charge in [-0.3, -0.25) is 0 Å². The van der Waals surface area contributed by atoms with E-state index in [1.54, 1.807) is 48.5 Å². The van der Waals surface area contributed by atoms with Gasteiger partial charge in [0.1, 0.15) is 23.3 Å². The monoisotopic (exact) mass is 920 g/mol. The fourth-order valence-corrected chi connectivity index (χ4v) is 10.3. The van der Waals surface area contributed by atoms with Crippen molar-refractivity contribution < 1.29 is 17.6 Å². The zero-order valence-electron chi connectivity index (χ0n) is 39.2. The fraction of sp³-hybridized carbons (Fsp3) is 0.0938. The Hall–Kier alpha value is -8.22. The lowest BCUT2D eigenvalue weighted by Crippen LogP contribution is -2.16. The number of rotatable bonds is 10. The molecule has 2 aliphatic carbocycles. The van der Waals surface area contributed by atoms with E-state index in [0.29, 0.717) is 0 Å². The van der Waals surface area contributed by atoms with Gasteiger partial charge in [-0.1, -0.05) is 125 Å². The van der Waals surface area contributed by atoms with Crippen molar-refractivity contribution in [1.82, 2.24) is 0 Å². The third kappa shape index (κ3) is 8.09. The minimum Gasteiger partial charge on any atom is -0.310 e. The summed E-state index contributed by atoms with van der Waals surface area (Å²) in [5.41, 5.74) is 18.4. The van der Waals surface area contributed by atoms with Crippen LogP contribution in [0.5, 0.6) is 0 Å². The summed E-state index contributed by atoms with van der Waals surface area (Å²) < 4.78 is 56.0. The van der Waals surface area contributed by atoms with Gasteiger partial charge in [-0.05, 0) is 188 Å². The fourth-order valence-electron chi connectivity index (χ4n) is 10.3. The lowest BCUT2D eigenvalue weighted by Gasteiger charge is -2.28. The third-order valence-electron chi connectivity index (χ3n) is 14.1. The van der Waals surface area contributed by atoms with Gasteiger partial charge in [0.15, 0.2) is 0 Å². The predicted molar refractivity (Wildman–Crippen MR) is 282 cm³/mol. The van der Waals surface area contributed by atoms with Crippen LogP contribution in [0.2, 0.25) is 0 Å². The largest absolute Gasteiger partial charge is 0.310 e. The van der Waals surface area contributed by atoms with Crippen LogP contribution in [0, 0.1) is 23.3 Å². The maximum absolute atomic E-state index is 14.0. The minimum atomic E-state index is -0.315. The Kier molecular flexibility index (Phi) is 11.0. The molecule has 0 aromatic heterocycles. The molecule has 0 aliphatic heterocycles. The first-order valence-electron chi connectivity index (χ1n) is 23.5. The van der Waals surface area contributed by atoms with Crippen molar-refractivity contribution in [2.45, 2.75) is 38.5 Å². The Morgan fingerprint density at radius 3 is 0.800 bits per heavy atom. The van der Waals surface area contributed by atoms with Gasteiger partial charge < -0.3 is 9.80 Å². The summed E-state index contributed by atoms with van der Waals surface area (Å²) in [7, 11) is 0. The third-order valence-corrected chi connectivity index (χ3v) is 14.1. The van der Waals surface area contributed by atoms with Crippen molar-refractivity contribution in [2.24, 2.45) is 0 Å². The van der Waals surface area contributed by atoms with Crippen molar-refractivity contribution in [2.75, 3.05) is 9.80 Å². The van der Waals surface area contributed by atoms with Crippen molar-refractivity contribution in [3.05, 3.63) is 262 Å². The number of benzene rings is 9. The van der Waals surface area contributed by atoms with E-state index in [9.17, 15) is 17.6 Å². The first kappa shape index (κ1) is 44.3. The van der Waals surface area contributed by atoms with Gasteiger partial charge in [0.25, 0.3) is 0 Å². The van der Waals surface area contributed by atoms with Crippen LogP contribution in [0.1, 0.15) is 72.2 Å². The molecule has 0 radical (unpaired) electrons. The average Bonchev–Trinajstić information content (AvgIpc) is 3.73. The Balaban J connectivity index is 0.797. The second kappa shape index (κ2) is 17.4. The van der Waals surface area contributed by atoms with E-state index in [4.69, 9.17) is 0 Å². The highest BCUT2D eigenvalue weighted by molar-refractivity contribution is 5.89. The highest BCUT2D eigenvalue weighted by Gasteiger charge is 2.37. The van der Waals surface area contributed by atoms with Crippen LogP contribution in [0.25, 0.3) is 46.6 Å². The van der Waals surface area contributed by atoms with Gasteiger partial charge in [-0.2, -0.15) is 0 Å². The standard InChI is InChI=1S/C64H48F4N2/c1-63(2)59-37-43(13-33-55(59)57-35-31-53(39-61(57)63)69(49-23-15-45(65)16-24-49)50-25-17-46(66)18-26-50)11-9-41-5-7-42(8-6-41)10-12-44-14-34-56-58-36-32-54(40-62(58)64(3,4)60(56)38-44)70(51-27-19-47(67)20-28-51)52-29-21-48(68)22-30-52/h5-40H,1-4H3/b11-9+,12-10+. The predicted octanol–water partition coefficient (Wildman–Crippen LogP) is 18.1. The van der Waals surface area contributed by atoms with Crippen LogP contribution >= 0.6 is 0 Å². The molecule has 11 rings (SSSR count). The molecular formula is C64H48F4N2. The first-order valence-corrected chi connectivity index (χ1v) is 23.5. The van der Waals surface area contributed by atoms with Crippen LogP contribution in [-0.4, -0.2) is 0 Å². The molecular weight excluding hydrogens is 873 g/mol. The number of fused-ring (bicyclic) bond motifs is 6. The second-order valence-electron chi connectivity index (χ2n) is 19.2. The number of halogens is 4. The van der Waals surface area contributed by atoms with Crippen LogP contribution < -0.4 is 9.80 Å². The molecule has 0 N–H and O–H groups in total. The number of anilines is 6. The van der Waals surface area contributed by atoms with E-state index in [0.717, 1.165) is 56.4 Å². The molecule has 2 nitrogen and oxygen atoms in total. The Morgan fingerprint density at radius 1 is 0.271 bits per heavy atom. The molecule has 0 heterocycles. The van der Waals surface area contributed by atoms with Gasteiger partial charge in [-0.15, -0.1) is 0 Å².